The molecule has 5 nitrogen and oxygen atoms in total. The van der Waals surface area contributed by atoms with Gasteiger partial charge in [0.1, 0.15) is 5.58 Å². The van der Waals surface area contributed by atoms with Crippen LogP contribution < -0.4 is 5.32 Å². The quantitative estimate of drug-likeness (QED) is 0.553. The number of H-pyrrole nitrogens is 1. The molecular weight excluding hydrogens is 316 g/mol. The van der Waals surface area contributed by atoms with E-state index in [4.69, 9.17) is 4.42 Å². The van der Waals surface area contributed by atoms with Gasteiger partial charge in [-0.2, -0.15) is 0 Å². The summed E-state index contributed by atoms with van der Waals surface area (Å²) in [5.74, 6) is -0.799. The zero-order valence-electron chi connectivity index (χ0n) is 13.0. The maximum atomic E-state index is 12.5. The first-order valence-electron chi connectivity index (χ1n) is 7.87. The van der Waals surface area contributed by atoms with Gasteiger partial charge < -0.3 is 9.40 Å². The number of rotatable bonds is 2. The molecule has 3 heterocycles. The number of carbonyl (C=O) groups excluding carboxylic acids is 2. The Morgan fingerprint density at radius 3 is 2.28 bits per heavy atom. The number of hydrogen-bond donors (Lipinski definition) is 2. The van der Waals surface area contributed by atoms with Crippen molar-refractivity contribution in [1.29, 1.82) is 0 Å². The molecule has 0 saturated carbocycles. The van der Waals surface area contributed by atoms with Gasteiger partial charge in [0.05, 0.1) is 17.4 Å². The summed E-state index contributed by atoms with van der Waals surface area (Å²) in [7, 11) is 0. The summed E-state index contributed by atoms with van der Waals surface area (Å²) in [5.41, 5.74) is 3.64. The second kappa shape index (κ2) is 4.95. The Kier molecular flexibility index (Phi) is 2.73. The van der Waals surface area contributed by atoms with Gasteiger partial charge >= 0.3 is 0 Å². The maximum absolute atomic E-state index is 12.5. The van der Waals surface area contributed by atoms with Gasteiger partial charge in [-0.25, -0.2) is 0 Å². The lowest BCUT2D eigenvalue weighted by atomic mass is 9.95. The van der Waals surface area contributed by atoms with Gasteiger partial charge in [0, 0.05) is 33.6 Å². The van der Waals surface area contributed by atoms with Crippen LogP contribution in [0.2, 0.25) is 0 Å². The number of nitrogens with one attached hydrogen (secondary N) is 2. The first-order chi connectivity index (χ1) is 12.2. The number of amides is 2. The van der Waals surface area contributed by atoms with E-state index >= 15 is 0 Å². The van der Waals surface area contributed by atoms with Crippen molar-refractivity contribution in [3.8, 4) is 0 Å². The van der Waals surface area contributed by atoms with Crippen LogP contribution in [0.15, 0.2) is 65.4 Å². The lowest BCUT2D eigenvalue weighted by molar-refractivity contribution is -0.122. The summed E-state index contributed by atoms with van der Waals surface area (Å²) in [5, 5.41) is 4.12. The Bertz CT molecular complexity index is 1120. The van der Waals surface area contributed by atoms with Gasteiger partial charge in [-0.15, -0.1) is 0 Å². The first-order valence-corrected chi connectivity index (χ1v) is 7.87. The molecule has 0 spiro atoms. The van der Waals surface area contributed by atoms with E-state index in [1.807, 2.05) is 48.5 Å². The number of fused-ring (bicyclic) bond motifs is 2. The van der Waals surface area contributed by atoms with Crippen LogP contribution in [0.1, 0.15) is 11.1 Å². The highest BCUT2D eigenvalue weighted by Gasteiger charge is 2.34. The number of aromatic amines is 1. The molecule has 5 rings (SSSR count). The molecule has 0 saturated heterocycles. The highest BCUT2D eigenvalue weighted by atomic mass is 16.3. The summed E-state index contributed by atoms with van der Waals surface area (Å²) in [6.45, 7) is 0. The van der Waals surface area contributed by atoms with Crippen LogP contribution in [0.25, 0.3) is 33.0 Å². The minimum atomic E-state index is -0.406. The third-order valence-electron chi connectivity index (χ3n) is 4.54. The average Bonchev–Trinajstić information content (AvgIpc) is 3.30. The number of benzene rings is 2. The zero-order chi connectivity index (χ0) is 17.0. The molecule has 0 fully saturated rings. The molecule has 5 heteroatoms. The molecule has 4 aromatic rings. The van der Waals surface area contributed by atoms with Gasteiger partial charge in [-0.1, -0.05) is 36.4 Å². The molecule has 0 bridgehead atoms. The summed E-state index contributed by atoms with van der Waals surface area (Å²) < 4.78 is 5.56. The van der Waals surface area contributed by atoms with Crippen molar-refractivity contribution < 1.29 is 14.0 Å². The molecule has 2 N–H and O–H groups in total. The molecule has 120 valence electrons. The van der Waals surface area contributed by atoms with Crippen molar-refractivity contribution in [1.82, 2.24) is 10.3 Å². The minimum Gasteiger partial charge on any atom is -0.464 e. The van der Waals surface area contributed by atoms with E-state index in [1.54, 1.807) is 6.20 Å². The highest BCUT2D eigenvalue weighted by Crippen LogP contribution is 2.37. The van der Waals surface area contributed by atoms with Crippen LogP contribution in [0.5, 0.6) is 0 Å². The van der Waals surface area contributed by atoms with Crippen LogP contribution in [0.3, 0.4) is 0 Å². The van der Waals surface area contributed by atoms with Crippen LogP contribution in [-0.4, -0.2) is 16.8 Å². The topological polar surface area (TPSA) is 75.1 Å². The van der Waals surface area contributed by atoms with E-state index in [-0.39, 0.29) is 0 Å². The molecule has 1 aliphatic rings. The Morgan fingerprint density at radius 2 is 1.44 bits per heavy atom. The van der Waals surface area contributed by atoms with E-state index in [1.165, 1.54) is 6.26 Å². The number of hydrogen-bond acceptors (Lipinski definition) is 3. The summed E-state index contributed by atoms with van der Waals surface area (Å²) in [4.78, 5) is 28.2. The van der Waals surface area contributed by atoms with Crippen molar-refractivity contribution in [2.45, 2.75) is 0 Å². The SMILES string of the molecule is O=C1NC(=O)C(c2coc3ccccc23)=C1c1c[nH]c2ccccc12. The predicted octanol–water partition coefficient (Wildman–Crippen LogP) is 3.48. The Hall–Kier alpha value is -3.60. The molecule has 2 amide bonds. The molecule has 0 aliphatic carbocycles. The molecule has 0 atom stereocenters. The van der Waals surface area contributed by atoms with Gasteiger partial charge in [0.2, 0.25) is 0 Å². The first kappa shape index (κ1) is 13.8. The normalized spacial score (nSPS) is 14.7. The van der Waals surface area contributed by atoms with Crippen molar-refractivity contribution in [2.75, 3.05) is 0 Å². The molecule has 0 unspecified atom stereocenters. The van der Waals surface area contributed by atoms with Crippen molar-refractivity contribution in [3.63, 3.8) is 0 Å². The summed E-state index contributed by atoms with van der Waals surface area (Å²) in [6.07, 6.45) is 3.30. The smallest absolute Gasteiger partial charge is 0.259 e. The molecule has 2 aromatic heterocycles. The van der Waals surface area contributed by atoms with Gasteiger partial charge in [0.25, 0.3) is 11.8 Å². The van der Waals surface area contributed by atoms with Crippen LogP contribution in [0, 0.1) is 0 Å². The average molecular weight is 328 g/mol. The van der Waals surface area contributed by atoms with E-state index in [0.29, 0.717) is 27.9 Å². The monoisotopic (exact) mass is 328 g/mol. The molecule has 0 radical (unpaired) electrons. The van der Waals surface area contributed by atoms with Crippen molar-refractivity contribution in [2.24, 2.45) is 0 Å². The fourth-order valence-electron chi connectivity index (χ4n) is 3.42. The third-order valence-corrected chi connectivity index (χ3v) is 4.54. The Balaban J connectivity index is 1.85. The van der Waals surface area contributed by atoms with Crippen LogP contribution in [0.4, 0.5) is 0 Å². The Labute approximate surface area is 141 Å². The maximum Gasteiger partial charge on any atom is 0.259 e. The van der Waals surface area contributed by atoms with Gasteiger partial charge in [-0.3, -0.25) is 14.9 Å². The predicted molar refractivity (Wildman–Crippen MR) is 94.5 cm³/mol. The lowest BCUT2D eigenvalue weighted by Crippen LogP contribution is -2.22. The van der Waals surface area contributed by atoms with Gasteiger partial charge in [-0.05, 0) is 12.1 Å². The third kappa shape index (κ3) is 1.89. The lowest BCUT2D eigenvalue weighted by Gasteiger charge is -2.02. The van der Waals surface area contributed by atoms with Crippen molar-refractivity contribution in [3.05, 3.63) is 72.1 Å². The van der Waals surface area contributed by atoms with E-state index in [0.717, 1.165) is 16.3 Å². The summed E-state index contributed by atoms with van der Waals surface area (Å²) in [6, 6.07) is 15.1. The van der Waals surface area contributed by atoms with Gasteiger partial charge in [0.15, 0.2) is 0 Å². The highest BCUT2D eigenvalue weighted by molar-refractivity contribution is 6.50. The largest absolute Gasteiger partial charge is 0.464 e. The number of aromatic nitrogens is 1. The standard InChI is InChI=1S/C20H12N2O3/c23-19-17(13-9-21-15-7-3-1-5-11(13)15)18(20(24)22-19)14-10-25-16-8-4-2-6-12(14)16/h1-10,21H,(H,22,23,24). The van der Waals surface area contributed by atoms with Crippen molar-refractivity contribution >= 4 is 44.8 Å². The Morgan fingerprint density at radius 1 is 0.760 bits per heavy atom. The second-order valence-corrected chi connectivity index (χ2v) is 5.93. The van der Waals surface area contributed by atoms with Crippen LogP contribution in [-0.2, 0) is 9.59 Å². The number of furan rings is 1. The molecule has 25 heavy (non-hydrogen) atoms. The molecule has 1 aliphatic heterocycles. The number of imide groups is 1. The second-order valence-electron chi connectivity index (χ2n) is 5.93. The zero-order valence-corrected chi connectivity index (χ0v) is 13.0. The molecule has 2 aromatic carbocycles. The van der Waals surface area contributed by atoms with E-state index < -0.39 is 11.8 Å². The fraction of sp³-hybridized carbons (Fsp3) is 0. The fourth-order valence-corrected chi connectivity index (χ4v) is 3.42. The molecular formula is C20H12N2O3. The van der Waals surface area contributed by atoms with Crippen LogP contribution >= 0.6 is 0 Å². The number of carbonyl (C=O) groups is 2. The van der Waals surface area contributed by atoms with E-state index in [9.17, 15) is 9.59 Å². The summed E-state index contributed by atoms with van der Waals surface area (Å²) >= 11 is 0. The van der Waals surface area contributed by atoms with E-state index in [2.05, 4.69) is 10.3 Å². The number of para-hydroxylation sites is 2. The minimum absolute atomic E-state index is 0.347.